The molecule has 1 unspecified atom stereocenters. The van der Waals surface area contributed by atoms with Gasteiger partial charge >= 0.3 is 5.97 Å². The van der Waals surface area contributed by atoms with E-state index in [0.717, 1.165) is 6.42 Å². The SMILES string of the molecule is CC(CC1CCCCC1)C(=O)O.S. The summed E-state index contributed by atoms with van der Waals surface area (Å²) in [6, 6.07) is 0. The summed E-state index contributed by atoms with van der Waals surface area (Å²) in [5, 5.41) is 8.71. The second-order valence-corrected chi connectivity index (χ2v) is 3.98. The zero-order valence-corrected chi connectivity index (χ0v) is 9.25. The van der Waals surface area contributed by atoms with E-state index in [1.165, 1.54) is 32.1 Å². The number of aliphatic carboxylic acids is 1. The van der Waals surface area contributed by atoms with Gasteiger partial charge < -0.3 is 5.11 Å². The zero-order chi connectivity index (χ0) is 8.97. The number of hydrogen-bond acceptors (Lipinski definition) is 1. The van der Waals surface area contributed by atoms with E-state index >= 15 is 0 Å². The number of carbonyl (C=O) groups is 1. The molecular weight excluding hydrogens is 184 g/mol. The highest BCUT2D eigenvalue weighted by atomic mass is 32.1. The highest BCUT2D eigenvalue weighted by Gasteiger charge is 2.19. The number of rotatable bonds is 3. The first-order chi connectivity index (χ1) is 5.70. The van der Waals surface area contributed by atoms with Crippen LogP contribution in [0.2, 0.25) is 0 Å². The molecule has 1 fully saturated rings. The van der Waals surface area contributed by atoms with Crippen LogP contribution < -0.4 is 0 Å². The number of carboxylic acids is 1. The van der Waals surface area contributed by atoms with Crippen molar-refractivity contribution in [3.8, 4) is 0 Å². The second kappa shape index (κ2) is 6.30. The van der Waals surface area contributed by atoms with Crippen LogP contribution in [-0.2, 0) is 4.79 Å². The van der Waals surface area contributed by atoms with Crippen molar-refractivity contribution in [3.05, 3.63) is 0 Å². The molecule has 0 aromatic rings. The minimum atomic E-state index is -0.638. The van der Waals surface area contributed by atoms with E-state index in [1.807, 2.05) is 6.92 Å². The van der Waals surface area contributed by atoms with Crippen molar-refractivity contribution < 1.29 is 9.90 Å². The summed E-state index contributed by atoms with van der Waals surface area (Å²) in [4.78, 5) is 10.6. The van der Waals surface area contributed by atoms with Gasteiger partial charge in [-0.15, -0.1) is 0 Å². The van der Waals surface area contributed by atoms with E-state index in [4.69, 9.17) is 5.11 Å². The number of hydrogen-bond donors (Lipinski definition) is 1. The first-order valence-corrected chi connectivity index (χ1v) is 4.93. The third kappa shape index (κ3) is 4.55. The fourth-order valence-electron chi connectivity index (χ4n) is 2.02. The molecule has 0 saturated heterocycles. The Balaban J connectivity index is 0.00000144. The molecule has 78 valence electrons. The van der Waals surface area contributed by atoms with Gasteiger partial charge in [0.1, 0.15) is 0 Å². The van der Waals surface area contributed by atoms with Crippen LogP contribution in [0.15, 0.2) is 0 Å². The molecule has 1 rings (SSSR count). The second-order valence-electron chi connectivity index (χ2n) is 3.98. The van der Waals surface area contributed by atoms with Gasteiger partial charge in [0.15, 0.2) is 0 Å². The smallest absolute Gasteiger partial charge is 0.306 e. The lowest BCUT2D eigenvalue weighted by atomic mass is 9.83. The maximum Gasteiger partial charge on any atom is 0.306 e. The molecule has 0 aromatic carbocycles. The van der Waals surface area contributed by atoms with Crippen LogP contribution in [-0.4, -0.2) is 11.1 Å². The standard InChI is InChI=1S/C10H18O2.H2S/c1-8(10(11)12)7-9-5-3-2-4-6-9;/h8-9H,2-7H2,1H3,(H,11,12);1H2. The van der Waals surface area contributed by atoms with Gasteiger partial charge in [0.25, 0.3) is 0 Å². The van der Waals surface area contributed by atoms with Gasteiger partial charge in [-0.3, -0.25) is 4.79 Å². The molecule has 0 radical (unpaired) electrons. The summed E-state index contributed by atoms with van der Waals surface area (Å²) in [7, 11) is 0. The summed E-state index contributed by atoms with van der Waals surface area (Å²) in [6.07, 6.45) is 7.33. The molecule has 1 N–H and O–H groups in total. The lowest BCUT2D eigenvalue weighted by Crippen LogP contribution is -2.16. The highest BCUT2D eigenvalue weighted by molar-refractivity contribution is 7.59. The summed E-state index contributed by atoms with van der Waals surface area (Å²) in [5.74, 6) is -0.0986. The molecule has 3 heteroatoms. The molecule has 0 aliphatic heterocycles. The van der Waals surface area contributed by atoms with Gasteiger partial charge in [-0.05, 0) is 12.3 Å². The van der Waals surface area contributed by atoms with Crippen LogP contribution in [0, 0.1) is 11.8 Å². The predicted octanol–water partition coefficient (Wildman–Crippen LogP) is 2.79. The van der Waals surface area contributed by atoms with Crippen molar-refractivity contribution in [1.82, 2.24) is 0 Å². The molecule has 0 amide bonds. The van der Waals surface area contributed by atoms with E-state index in [-0.39, 0.29) is 19.4 Å². The summed E-state index contributed by atoms with van der Waals surface area (Å²) >= 11 is 0. The third-order valence-corrected chi connectivity index (χ3v) is 2.83. The van der Waals surface area contributed by atoms with Gasteiger partial charge in [-0.25, -0.2) is 0 Å². The Morgan fingerprint density at radius 3 is 2.38 bits per heavy atom. The molecule has 0 spiro atoms. The monoisotopic (exact) mass is 204 g/mol. The molecule has 0 bridgehead atoms. The van der Waals surface area contributed by atoms with Crippen molar-refractivity contribution in [2.45, 2.75) is 45.4 Å². The molecule has 1 aliphatic rings. The number of carboxylic acid groups (broad SMARTS) is 1. The molecule has 1 atom stereocenters. The van der Waals surface area contributed by atoms with Gasteiger partial charge in [-0.2, -0.15) is 13.5 Å². The Kier molecular flexibility index (Phi) is 6.21. The molecule has 1 aliphatic carbocycles. The maximum atomic E-state index is 10.6. The lowest BCUT2D eigenvalue weighted by Gasteiger charge is -2.22. The Bertz CT molecular complexity index is 153. The quantitative estimate of drug-likeness (QED) is 0.767. The molecule has 13 heavy (non-hydrogen) atoms. The minimum Gasteiger partial charge on any atom is -0.481 e. The third-order valence-electron chi connectivity index (χ3n) is 2.83. The first kappa shape index (κ1) is 12.8. The summed E-state index contributed by atoms with van der Waals surface area (Å²) in [5.41, 5.74) is 0. The summed E-state index contributed by atoms with van der Waals surface area (Å²) in [6.45, 7) is 1.82. The first-order valence-electron chi connectivity index (χ1n) is 4.93. The van der Waals surface area contributed by atoms with E-state index in [2.05, 4.69) is 0 Å². The zero-order valence-electron chi connectivity index (χ0n) is 8.25. The molecular formula is C10H20O2S. The fourth-order valence-corrected chi connectivity index (χ4v) is 2.02. The van der Waals surface area contributed by atoms with E-state index < -0.39 is 5.97 Å². The van der Waals surface area contributed by atoms with Crippen molar-refractivity contribution >= 4 is 19.5 Å². The van der Waals surface area contributed by atoms with Crippen molar-refractivity contribution in [1.29, 1.82) is 0 Å². The van der Waals surface area contributed by atoms with Crippen molar-refractivity contribution in [2.24, 2.45) is 11.8 Å². The average molecular weight is 204 g/mol. The van der Waals surface area contributed by atoms with E-state index in [0.29, 0.717) is 5.92 Å². The Morgan fingerprint density at radius 1 is 1.38 bits per heavy atom. The van der Waals surface area contributed by atoms with E-state index in [9.17, 15) is 4.79 Å². The topological polar surface area (TPSA) is 37.3 Å². The van der Waals surface area contributed by atoms with Gasteiger partial charge in [0.2, 0.25) is 0 Å². The largest absolute Gasteiger partial charge is 0.481 e. The molecule has 0 aromatic heterocycles. The Labute approximate surface area is 87.2 Å². The predicted molar refractivity (Wildman–Crippen MR) is 58.4 cm³/mol. The van der Waals surface area contributed by atoms with Crippen LogP contribution >= 0.6 is 13.5 Å². The lowest BCUT2D eigenvalue weighted by molar-refractivity contribution is -0.141. The van der Waals surface area contributed by atoms with Crippen molar-refractivity contribution in [3.63, 3.8) is 0 Å². The highest BCUT2D eigenvalue weighted by Crippen LogP contribution is 2.28. The van der Waals surface area contributed by atoms with E-state index in [1.54, 1.807) is 0 Å². The minimum absolute atomic E-state index is 0. The van der Waals surface area contributed by atoms with Crippen molar-refractivity contribution in [2.75, 3.05) is 0 Å². The molecule has 2 nitrogen and oxygen atoms in total. The normalized spacial score (nSPS) is 20.4. The summed E-state index contributed by atoms with van der Waals surface area (Å²) < 4.78 is 0. The maximum absolute atomic E-state index is 10.6. The van der Waals surface area contributed by atoms with Crippen LogP contribution in [0.5, 0.6) is 0 Å². The molecule has 1 saturated carbocycles. The van der Waals surface area contributed by atoms with Crippen LogP contribution in [0.3, 0.4) is 0 Å². The van der Waals surface area contributed by atoms with Crippen LogP contribution in [0.25, 0.3) is 0 Å². The van der Waals surface area contributed by atoms with Crippen LogP contribution in [0.4, 0.5) is 0 Å². The van der Waals surface area contributed by atoms with Gasteiger partial charge in [-0.1, -0.05) is 39.0 Å². The van der Waals surface area contributed by atoms with Crippen LogP contribution in [0.1, 0.15) is 45.4 Å². The van der Waals surface area contributed by atoms with Gasteiger partial charge in [0.05, 0.1) is 5.92 Å². The fraction of sp³-hybridized carbons (Fsp3) is 0.900. The van der Waals surface area contributed by atoms with Gasteiger partial charge in [0, 0.05) is 0 Å². The average Bonchev–Trinajstić information content (AvgIpc) is 2.06. The Hall–Kier alpha value is -0.180. The molecule has 0 heterocycles. The Morgan fingerprint density at radius 2 is 1.92 bits per heavy atom.